The van der Waals surface area contributed by atoms with Crippen LogP contribution in [-0.4, -0.2) is 36.7 Å². The van der Waals surface area contributed by atoms with E-state index >= 15 is 0 Å². The predicted molar refractivity (Wildman–Crippen MR) is 74.9 cm³/mol. The maximum Gasteiger partial charge on any atom is 0.311 e. The van der Waals surface area contributed by atoms with Gasteiger partial charge in [0.2, 0.25) is 5.91 Å². The number of fused-ring (bicyclic) bond motifs is 1. The van der Waals surface area contributed by atoms with Gasteiger partial charge in [0.05, 0.1) is 18.9 Å². The second kappa shape index (κ2) is 6.52. The first-order valence-electron chi connectivity index (χ1n) is 6.85. The lowest BCUT2D eigenvalue weighted by molar-refractivity contribution is -0.139. The van der Waals surface area contributed by atoms with Crippen LogP contribution in [0.5, 0.6) is 0 Å². The third kappa shape index (κ3) is 2.99. The van der Waals surface area contributed by atoms with Gasteiger partial charge in [0.15, 0.2) is 0 Å². The summed E-state index contributed by atoms with van der Waals surface area (Å²) in [5.41, 5.74) is 1.43. The maximum atomic E-state index is 12.2. The van der Waals surface area contributed by atoms with Crippen molar-refractivity contribution >= 4 is 17.6 Å². The Hall–Kier alpha value is -1.88. The molecule has 5 nitrogen and oxygen atoms in total. The van der Waals surface area contributed by atoms with E-state index in [0.717, 1.165) is 5.56 Å². The van der Waals surface area contributed by atoms with Crippen LogP contribution in [0.15, 0.2) is 24.3 Å². The highest BCUT2D eigenvalue weighted by Crippen LogP contribution is 2.35. The van der Waals surface area contributed by atoms with Crippen molar-refractivity contribution in [1.29, 1.82) is 0 Å². The Balaban J connectivity index is 2.18. The van der Waals surface area contributed by atoms with Crippen molar-refractivity contribution in [3.05, 3.63) is 29.8 Å². The number of benzene rings is 1. The van der Waals surface area contributed by atoms with Gasteiger partial charge in [-0.1, -0.05) is 18.2 Å². The molecule has 0 saturated carbocycles. The van der Waals surface area contributed by atoms with Crippen LogP contribution < -0.4 is 4.90 Å². The minimum Gasteiger partial charge on any atom is -0.481 e. The highest BCUT2D eigenvalue weighted by Gasteiger charge is 2.31. The second-order valence-electron chi connectivity index (χ2n) is 4.73. The molecule has 5 heteroatoms. The third-order valence-corrected chi connectivity index (χ3v) is 3.51. The molecule has 0 radical (unpaired) electrons. The molecule has 108 valence electrons. The summed E-state index contributed by atoms with van der Waals surface area (Å²) >= 11 is 0. The molecule has 1 unspecified atom stereocenters. The molecule has 1 atom stereocenters. The van der Waals surface area contributed by atoms with Gasteiger partial charge < -0.3 is 14.7 Å². The molecule has 0 aliphatic carbocycles. The van der Waals surface area contributed by atoms with Crippen LogP contribution in [0.25, 0.3) is 0 Å². The van der Waals surface area contributed by atoms with Crippen LogP contribution in [0.4, 0.5) is 5.69 Å². The maximum absolute atomic E-state index is 12.2. The van der Waals surface area contributed by atoms with Gasteiger partial charge in [0.25, 0.3) is 0 Å². The smallest absolute Gasteiger partial charge is 0.311 e. The van der Waals surface area contributed by atoms with E-state index < -0.39 is 11.9 Å². The Kier molecular flexibility index (Phi) is 4.74. The number of carbonyl (C=O) groups is 2. The summed E-state index contributed by atoms with van der Waals surface area (Å²) in [5.74, 6) is -1.38. The van der Waals surface area contributed by atoms with Gasteiger partial charge in [-0.05, 0) is 25.0 Å². The number of anilines is 1. The van der Waals surface area contributed by atoms with Crippen LogP contribution in [-0.2, 0) is 14.3 Å². The number of amides is 1. The molecule has 1 aromatic carbocycles. The molecule has 2 rings (SSSR count). The van der Waals surface area contributed by atoms with Crippen LogP contribution in [0.1, 0.15) is 31.2 Å². The Morgan fingerprint density at radius 3 is 2.85 bits per heavy atom. The average molecular weight is 277 g/mol. The molecule has 20 heavy (non-hydrogen) atoms. The van der Waals surface area contributed by atoms with Crippen molar-refractivity contribution in [2.24, 2.45) is 0 Å². The Morgan fingerprint density at radius 2 is 2.15 bits per heavy atom. The summed E-state index contributed by atoms with van der Waals surface area (Å²) in [6.07, 6.45) is 0.770. The lowest BCUT2D eigenvalue weighted by Crippen LogP contribution is -2.38. The Labute approximate surface area is 118 Å². The first-order valence-corrected chi connectivity index (χ1v) is 6.85. The second-order valence-corrected chi connectivity index (χ2v) is 4.73. The number of nitrogens with zero attached hydrogens (tertiary/aromatic N) is 1. The first-order chi connectivity index (χ1) is 9.65. The molecule has 0 bridgehead atoms. The van der Waals surface area contributed by atoms with Gasteiger partial charge >= 0.3 is 5.97 Å². The van der Waals surface area contributed by atoms with Gasteiger partial charge in [-0.2, -0.15) is 0 Å². The molecule has 1 amide bonds. The SMILES string of the molecule is CCOCCC(=O)N1CCC(C(=O)O)c2ccccc21. The number of para-hydroxylation sites is 1. The van der Waals surface area contributed by atoms with Crippen molar-refractivity contribution < 1.29 is 19.4 Å². The molecular formula is C15H19NO4. The van der Waals surface area contributed by atoms with Crippen molar-refractivity contribution in [2.45, 2.75) is 25.7 Å². The average Bonchev–Trinajstić information content (AvgIpc) is 2.46. The van der Waals surface area contributed by atoms with Crippen molar-refractivity contribution in [1.82, 2.24) is 0 Å². The quantitative estimate of drug-likeness (QED) is 0.836. The zero-order valence-corrected chi connectivity index (χ0v) is 11.5. The largest absolute Gasteiger partial charge is 0.481 e. The Bertz CT molecular complexity index is 500. The van der Waals surface area contributed by atoms with Gasteiger partial charge in [0, 0.05) is 18.8 Å². The number of carboxylic acid groups (broad SMARTS) is 1. The van der Waals surface area contributed by atoms with Crippen LogP contribution in [0.3, 0.4) is 0 Å². The van der Waals surface area contributed by atoms with E-state index in [2.05, 4.69) is 0 Å². The first kappa shape index (κ1) is 14.5. The summed E-state index contributed by atoms with van der Waals surface area (Å²) in [6.45, 7) is 3.32. The van der Waals surface area contributed by atoms with Crippen LogP contribution >= 0.6 is 0 Å². The van der Waals surface area contributed by atoms with E-state index in [9.17, 15) is 14.7 Å². The molecule has 1 aliphatic rings. The molecule has 1 heterocycles. The Morgan fingerprint density at radius 1 is 1.40 bits per heavy atom. The van der Waals surface area contributed by atoms with E-state index in [-0.39, 0.29) is 5.91 Å². The highest BCUT2D eigenvalue weighted by atomic mass is 16.5. The summed E-state index contributed by atoms with van der Waals surface area (Å²) in [6, 6.07) is 7.23. The molecule has 0 saturated heterocycles. The summed E-state index contributed by atoms with van der Waals surface area (Å²) in [4.78, 5) is 25.2. The minimum absolute atomic E-state index is 0.0188. The fraction of sp³-hybridized carbons (Fsp3) is 0.467. The van der Waals surface area contributed by atoms with E-state index in [1.807, 2.05) is 25.1 Å². The summed E-state index contributed by atoms with van der Waals surface area (Å²) < 4.78 is 5.20. The number of rotatable bonds is 5. The molecule has 0 aromatic heterocycles. The summed E-state index contributed by atoms with van der Waals surface area (Å²) in [7, 11) is 0. The van der Waals surface area contributed by atoms with Crippen molar-refractivity contribution in [3.8, 4) is 0 Å². The van der Waals surface area contributed by atoms with Crippen LogP contribution in [0, 0.1) is 0 Å². The fourth-order valence-corrected chi connectivity index (χ4v) is 2.52. The number of hydrogen-bond acceptors (Lipinski definition) is 3. The van der Waals surface area contributed by atoms with Gasteiger partial charge in [-0.15, -0.1) is 0 Å². The third-order valence-electron chi connectivity index (χ3n) is 3.51. The topological polar surface area (TPSA) is 66.8 Å². The number of carboxylic acids is 1. The molecule has 1 N–H and O–H groups in total. The number of aliphatic carboxylic acids is 1. The molecular weight excluding hydrogens is 258 g/mol. The van der Waals surface area contributed by atoms with E-state index in [1.54, 1.807) is 11.0 Å². The lowest BCUT2D eigenvalue weighted by Gasteiger charge is -2.32. The molecule has 0 fully saturated rings. The molecule has 0 spiro atoms. The number of hydrogen-bond donors (Lipinski definition) is 1. The van der Waals surface area contributed by atoms with Crippen LogP contribution in [0.2, 0.25) is 0 Å². The normalized spacial score (nSPS) is 17.6. The lowest BCUT2D eigenvalue weighted by atomic mass is 9.90. The predicted octanol–water partition coefficient (Wildman–Crippen LogP) is 2.02. The zero-order chi connectivity index (χ0) is 14.5. The monoisotopic (exact) mass is 277 g/mol. The minimum atomic E-state index is -0.834. The molecule has 1 aliphatic heterocycles. The molecule has 1 aromatic rings. The van der Waals surface area contributed by atoms with E-state index in [4.69, 9.17) is 4.74 Å². The fourth-order valence-electron chi connectivity index (χ4n) is 2.52. The van der Waals surface area contributed by atoms with Crippen molar-refractivity contribution in [2.75, 3.05) is 24.7 Å². The number of ether oxygens (including phenoxy) is 1. The van der Waals surface area contributed by atoms with Gasteiger partial charge in [0.1, 0.15) is 0 Å². The van der Waals surface area contributed by atoms with Gasteiger partial charge in [-0.3, -0.25) is 9.59 Å². The summed E-state index contributed by atoms with van der Waals surface area (Å²) in [5, 5.41) is 9.26. The van der Waals surface area contributed by atoms with E-state index in [0.29, 0.717) is 38.3 Å². The van der Waals surface area contributed by atoms with Crippen molar-refractivity contribution in [3.63, 3.8) is 0 Å². The standard InChI is InChI=1S/C15H19NO4/c1-2-20-10-8-14(17)16-9-7-12(15(18)19)11-5-3-4-6-13(11)16/h3-6,12H,2,7-10H2,1H3,(H,18,19). The highest BCUT2D eigenvalue weighted by molar-refractivity contribution is 5.96. The van der Waals surface area contributed by atoms with Gasteiger partial charge in [-0.25, -0.2) is 0 Å². The van der Waals surface area contributed by atoms with E-state index in [1.165, 1.54) is 0 Å². The zero-order valence-electron chi connectivity index (χ0n) is 11.5. The number of carbonyl (C=O) groups excluding carboxylic acids is 1.